The molecule has 6 nitrogen and oxygen atoms in total. The number of morpholine rings is 1. The second kappa shape index (κ2) is 10.1. The average Bonchev–Trinajstić information content (AvgIpc) is 3.43. The van der Waals surface area contributed by atoms with Crippen LogP contribution >= 0.6 is 34.3 Å². The molecular formula is C21H24ClN3O3S2. The van der Waals surface area contributed by atoms with Crippen LogP contribution in [0, 0.1) is 0 Å². The van der Waals surface area contributed by atoms with E-state index in [0.717, 1.165) is 48.8 Å². The summed E-state index contributed by atoms with van der Waals surface area (Å²) >= 11 is 9.44. The molecule has 1 aromatic carbocycles. The first kappa shape index (κ1) is 21.5. The molecular weight excluding hydrogens is 442 g/mol. The molecule has 3 heterocycles. The predicted molar refractivity (Wildman–Crippen MR) is 123 cm³/mol. The van der Waals surface area contributed by atoms with Gasteiger partial charge in [0, 0.05) is 31.1 Å². The molecule has 30 heavy (non-hydrogen) atoms. The number of halogens is 1. The van der Waals surface area contributed by atoms with E-state index in [1.165, 1.54) is 11.3 Å². The Hall–Kier alpha value is -1.71. The smallest absolute Gasteiger partial charge is 0.234 e. The van der Waals surface area contributed by atoms with E-state index in [1.54, 1.807) is 29.4 Å². The summed E-state index contributed by atoms with van der Waals surface area (Å²) in [5, 5.41) is 3.28. The highest BCUT2D eigenvalue weighted by atomic mass is 35.5. The van der Waals surface area contributed by atoms with Crippen LogP contribution in [0.5, 0.6) is 5.75 Å². The number of rotatable bonds is 8. The number of thiazole rings is 1. The average molecular weight is 466 g/mol. The van der Waals surface area contributed by atoms with Crippen LogP contribution in [0.1, 0.15) is 11.3 Å². The summed E-state index contributed by atoms with van der Waals surface area (Å²) in [5.74, 6) is 0.712. The zero-order valence-electron chi connectivity index (χ0n) is 16.8. The zero-order valence-corrected chi connectivity index (χ0v) is 19.2. The van der Waals surface area contributed by atoms with Crippen molar-refractivity contribution >= 4 is 55.5 Å². The summed E-state index contributed by atoms with van der Waals surface area (Å²) in [5.41, 5.74) is 0.701. The Morgan fingerprint density at radius 1 is 1.33 bits per heavy atom. The molecule has 0 N–H and O–H groups in total. The normalized spacial score (nSPS) is 14.9. The quantitative estimate of drug-likeness (QED) is 0.496. The summed E-state index contributed by atoms with van der Waals surface area (Å²) in [6.07, 6.45) is 1.24. The number of carbonyl (C=O) groups excluding carboxylic acids is 1. The first-order chi connectivity index (χ1) is 14.7. The molecule has 3 aromatic rings. The highest BCUT2D eigenvalue weighted by Crippen LogP contribution is 2.39. The molecule has 0 radical (unpaired) electrons. The minimum atomic E-state index is 0.0496. The van der Waals surface area contributed by atoms with Crippen LogP contribution in [-0.4, -0.2) is 62.3 Å². The van der Waals surface area contributed by atoms with Gasteiger partial charge in [0.05, 0.1) is 36.5 Å². The van der Waals surface area contributed by atoms with Gasteiger partial charge >= 0.3 is 0 Å². The first-order valence-electron chi connectivity index (χ1n) is 9.91. The minimum absolute atomic E-state index is 0.0496. The van der Waals surface area contributed by atoms with Crippen LogP contribution in [0.2, 0.25) is 5.02 Å². The van der Waals surface area contributed by atoms with Crippen LogP contribution < -0.4 is 9.64 Å². The summed E-state index contributed by atoms with van der Waals surface area (Å²) in [6.45, 7) is 4.98. The Labute approximate surface area is 189 Å². The van der Waals surface area contributed by atoms with Crippen molar-refractivity contribution in [2.24, 2.45) is 0 Å². The van der Waals surface area contributed by atoms with Gasteiger partial charge in [0.1, 0.15) is 11.3 Å². The summed E-state index contributed by atoms with van der Waals surface area (Å²) in [6, 6.07) is 7.58. The number of amides is 1. The van der Waals surface area contributed by atoms with Crippen molar-refractivity contribution in [3.63, 3.8) is 0 Å². The number of methoxy groups -OCH3 is 1. The predicted octanol–water partition coefficient (Wildman–Crippen LogP) is 4.32. The SMILES string of the molecule is COc1ccc(Cl)c2sc(N(CCCN3CCOCC3)C(=O)Cc3cccs3)nc12. The molecule has 0 spiro atoms. The van der Waals surface area contributed by atoms with E-state index >= 15 is 0 Å². The number of anilines is 1. The van der Waals surface area contributed by atoms with Crippen LogP contribution in [-0.2, 0) is 16.0 Å². The third kappa shape index (κ3) is 4.95. The van der Waals surface area contributed by atoms with E-state index in [4.69, 9.17) is 26.1 Å². The molecule has 160 valence electrons. The van der Waals surface area contributed by atoms with Gasteiger partial charge < -0.3 is 9.47 Å². The number of fused-ring (bicyclic) bond motifs is 1. The van der Waals surface area contributed by atoms with Crippen LogP contribution in [0.25, 0.3) is 10.2 Å². The monoisotopic (exact) mass is 465 g/mol. The Bertz CT molecular complexity index is 987. The Morgan fingerprint density at radius 3 is 2.90 bits per heavy atom. The molecule has 1 aliphatic heterocycles. The molecule has 1 fully saturated rings. The van der Waals surface area contributed by atoms with E-state index in [2.05, 4.69) is 4.90 Å². The fourth-order valence-corrected chi connectivity index (χ4v) is 5.48. The van der Waals surface area contributed by atoms with Gasteiger partial charge in [-0.1, -0.05) is 29.0 Å². The van der Waals surface area contributed by atoms with Gasteiger partial charge in [-0.25, -0.2) is 4.98 Å². The van der Waals surface area contributed by atoms with Gasteiger partial charge in [-0.2, -0.15) is 0 Å². The van der Waals surface area contributed by atoms with E-state index in [1.807, 2.05) is 23.6 Å². The molecule has 4 rings (SSSR count). The minimum Gasteiger partial charge on any atom is -0.494 e. The van der Waals surface area contributed by atoms with Gasteiger partial charge in [-0.3, -0.25) is 14.6 Å². The first-order valence-corrected chi connectivity index (χ1v) is 12.0. The number of hydrogen-bond donors (Lipinski definition) is 0. The number of ether oxygens (including phenoxy) is 2. The van der Waals surface area contributed by atoms with Crippen molar-refractivity contribution in [2.75, 3.05) is 51.4 Å². The molecule has 1 saturated heterocycles. The highest BCUT2D eigenvalue weighted by molar-refractivity contribution is 7.23. The van der Waals surface area contributed by atoms with E-state index in [9.17, 15) is 4.79 Å². The van der Waals surface area contributed by atoms with E-state index in [0.29, 0.717) is 34.4 Å². The van der Waals surface area contributed by atoms with Crippen LogP contribution in [0.3, 0.4) is 0 Å². The maximum absolute atomic E-state index is 13.2. The van der Waals surface area contributed by atoms with Crippen molar-refractivity contribution in [1.82, 2.24) is 9.88 Å². The van der Waals surface area contributed by atoms with E-state index < -0.39 is 0 Å². The third-order valence-electron chi connectivity index (χ3n) is 5.06. The fourth-order valence-electron chi connectivity index (χ4n) is 3.48. The maximum atomic E-state index is 13.2. The molecule has 1 amide bonds. The lowest BCUT2D eigenvalue weighted by molar-refractivity contribution is -0.118. The molecule has 2 aromatic heterocycles. The Morgan fingerprint density at radius 2 is 2.17 bits per heavy atom. The molecule has 9 heteroatoms. The maximum Gasteiger partial charge on any atom is 0.234 e. The molecule has 0 saturated carbocycles. The van der Waals surface area contributed by atoms with Crippen molar-refractivity contribution in [3.05, 3.63) is 39.5 Å². The standard InChI is InChI=1S/C21H24ClN3O3S2/c1-27-17-6-5-16(22)20-19(17)23-21(30-20)25(18(26)14-15-4-2-13-29-15)8-3-7-24-9-11-28-12-10-24/h2,4-6,13H,3,7-12,14H2,1H3. The fraction of sp³-hybridized carbons (Fsp3) is 0.429. The summed E-state index contributed by atoms with van der Waals surface area (Å²) < 4.78 is 11.7. The number of thiophene rings is 1. The number of benzene rings is 1. The van der Waals surface area contributed by atoms with Crippen LogP contribution in [0.15, 0.2) is 29.6 Å². The largest absolute Gasteiger partial charge is 0.494 e. The van der Waals surface area contributed by atoms with Crippen LogP contribution in [0.4, 0.5) is 5.13 Å². The molecule has 0 atom stereocenters. The zero-order chi connectivity index (χ0) is 20.9. The number of hydrogen-bond acceptors (Lipinski definition) is 7. The lowest BCUT2D eigenvalue weighted by Gasteiger charge is -2.27. The molecule has 0 unspecified atom stereocenters. The lowest BCUT2D eigenvalue weighted by Crippen LogP contribution is -2.39. The van der Waals surface area contributed by atoms with Crippen molar-refractivity contribution in [3.8, 4) is 5.75 Å². The van der Waals surface area contributed by atoms with Gasteiger partial charge in [-0.05, 0) is 30.0 Å². The molecule has 1 aliphatic rings. The van der Waals surface area contributed by atoms with Crippen molar-refractivity contribution in [1.29, 1.82) is 0 Å². The number of nitrogens with zero attached hydrogens (tertiary/aromatic N) is 3. The molecule has 0 aliphatic carbocycles. The van der Waals surface area contributed by atoms with Crippen molar-refractivity contribution < 1.29 is 14.3 Å². The van der Waals surface area contributed by atoms with Gasteiger partial charge in [0.2, 0.25) is 5.91 Å². The second-order valence-electron chi connectivity index (χ2n) is 7.03. The topological polar surface area (TPSA) is 54.9 Å². The van der Waals surface area contributed by atoms with Gasteiger partial charge in [-0.15, -0.1) is 11.3 Å². The summed E-state index contributed by atoms with van der Waals surface area (Å²) in [4.78, 5) is 23.2. The number of aromatic nitrogens is 1. The van der Waals surface area contributed by atoms with Gasteiger partial charge in [0.15, 0.2) is 5.13 Å². The third-order valence-corrected chi connectivity index (χ3v) is 7.48. The lowest BCUT2D eigenvalue weighted by atomic mass is 10.3. The summed E-state index contributed by atoms with van der Waals surface area (Å²) in [7, 11) is 1.61. The highest BCUT2D eigenvalue weighted by Gasteiger charge is 2.23. The molecule has 0 bridgehead atoms. The number of carbonyl (C=O) groups is 1. The van der Waals surface area contributed by atoms with Gasteiger partial charge in [0.25, 0.3) is 0 Å². The van der Waals surface area contributed by atoms with Crippen molar-refractivity contribution in [2.45, 2.75) is 12.8 Å². The van der Waals surface area contributed by atoms with E-state index in [-0.39, 0.29) is 5.91 Å². The Balaban J connectivity index is 1.56. The second-order valence-corrected chi connectivity index (χ2v) is 9.45. The Kier molecular flexibility index (Phi) is 7.22.